The number of carbonyl (C=O) groups excluding carboxylic acids is 1. The van der Waals surface area contributed by atoms with E-state index in [1.165, 1.54) is 38.5 Å². The van der Waals surface area contributed by atoms with Gasteiger partial charge in [0.25, 0.3) is 0 Å². The van der Waals surface area contributed by atoms with Crippen LogP contribution in [0.25, 0.3) is 10.9 Å². The molecule has 4 fully saturated rings. The molecule has 0 atom stereocenters. The lowest BCUT2D eigenvalue weighted by Gasteiger charge is -2.56. The molecule has 1 aromatic heterocycles. The highest BCUT2D eigenvalue weighted by Gasteiger charge is 2.51. The highest BCUT2D eigenvalue weighted by atomic mass is 16.2. The maximum Gasteiger partial charge on any atom is 0.319 e. The minimum Gasteiger partial charge on any atom is -0.332 e. The summed E-state index contributed by atoms with van der Waals surface area (Å²) in [6, 6.07) is 5.77. The summed E-state index contributed by atoms with van der Waals surface area (Å²) < 4.78 is 0. The summed E-state index contributed by atoms with van der Waals surface area (Å²) in [5.41, 5.74) is 1.80. The summed E-state index contributed by atoms with van der Waals surface area (Å²) in [5.74, 6) is 2.51. The zero-order valence-corrected chi connectivity index (χ0v) is 13.1. The van der Waals surface area contributed by atoms with E-state index in [4.69, 9.17) is 0 Å². The molecule has 0 spiro atoms. The zero-order valence-electron chi connectivity index (χ0n) is 13.1. The molecule has 4 aliphatic rings. The molecule has 0 radical (unpaired) electrons. The number of urea groups is 1. The fourth-order valence-corrected chi connectivity index (χ4v) is 5.68. The zero-order chi connectivity index (χ0) is 15.4. The van der Waals surface area contributed by atoms with Crippen LogP contribution in [0.15, 0.2) is 24.4 Å². The second-order valence-electron chi connectivity index (χ2n) is 7.95. The first-order valence-corrected chi connectivity index (χ1v) is 8.70. The summed E-state index contributed by atoms with van der Waals surface area (Å²) in [7, 11) is 0. The number of aromatic amines is 1. The van der Waals surface area contributed by atoms with E-state index in [2.05, 4.69) is 20.8 Å². The van der Waals surface area contributed by atoms with E-state index in [1.807, 2.05) is 18.2 Å². The standard InChI is InChI=1S/C18H22N4O/c23-17(20-15-2-1-14-10-19-22-16(14)6-15)21-18-7-11-3-12(8-18)5-13(4-11)9-18/h1-2,6,10-13H,3-5,7-9H2,(H,19,22)(H2,20,21,23). The number of anilines is 1. The first-order chi connectivity index (χ1) is 11.2. The number of H-pyrrole nitrogens is 1. The summed E-state index contributed by atoms with van der Waals surface area (Å²) in [6.45, 7) is 0. The Morgan fingerprint density at radius 3 is 2.52 bits per heavy atom. The molecular formula is C18H22N4O. The minimum atomic E-state index is -0.0641. The summed E-state index contributed by atoms with van der Waals surface area (Å²) in [5, 5.41) is 14.3. The van der Waals surface area contributed by atoms with Crippen LogP contribution in [0.2, 0.25) is 0 Å². The Hall–Kier alpha value is -2.04. The Morgan fingerprint density at radius 2 is 1.83 bits per heavy atom. The van der Waals surface area contributed by atoms with Crippen molar-refractivity contribution in [3.63, 3.8) is 0 Å². The Morgan fingerprint density at radius 1 is 1.13 bits per heavy atom. The second-order valence-corrected chi connectivity index (χ2v) is 7.95. The monoisotopic (exact) mass is 310 g/mol. The highest BCUT2D eigenvalue weighted by Crippen LogP contribution is 2.55. The molecule has 6 rings (SSSR count). The molecule has 2 aromatic rings. The smallest absolute Gasteiger partial charge is 0.319 e. The van der Waals surface area contributed by atoms with Crippen LogP contribution in [-0.2, 0) is 0 Å². The van der Waals surface area contributed by atoms with Gasteiger partial charge in [-0.3, -0.25) is 5.10 Å². The van der Waals surface area contributed by atoms with Crippen LogP contribution in [-0.4, -0.2) is 21.8 Å². The van der Waals surface area contributed by atoms with Crippen molar-refractivity contribution in [2.24, 2.45) is 17.8 Å². The van der Waals surface area contributed by atoms with Gasteiger partial charge in [0.15, 0.2) is 0 Å². The van der Waals surface area contributed by atoms with E-state index in [-0.39, 0.29) is 11.6 Å². The first kappa shape index (κ1) is 13.4. The van der Waals surface area contributed by atoms with Crippen molar-refractivity contribution in [1.82, 2.24) is 15.5 Å². The number of fused-ring (bicyclic) bond motifs is 1. The fraction of sp³-hybridized carbons (Fsp3) is 0.556. The second kappa shape index (κ2) is 4.73. The van der Waals surface area contributed by atoms with Crippen molar-refractivity contribution in [2.75, 3.05) is 5.32 Å². The van der Waals surface area contributed by atoms with Crippen LogP contribution in [0.3, 0.4) is 0 Å². The molecular weight excluding hydrogens is 288 g/mol. The number of rotatable bonds is 2. The predicted molar refractivity (Wildman–Crippen MR) is 89.2 cm³/mol. The number of hydrogen-bond acceptors (Lipinski definition) is 2. The minimum absolute atomic E-state index is 0.0525. The third-order valence-corrected chi connectivity index (χ3v) is 6.12. The van der Waals surface area contributed by atoms with Gasteiger partial charge >= 0.3 is 6.03 Å². The molecule has 23 heavy (non-hydrogen) atoms. The quantitative estimate of drug-likeness (QED) is 0.792. The molecule has 5 heteroatoms. The van der Waals surface area contributed by atoms with E-state index in [9.17, 15) is 4.79 Å². The van der Waals surface area contributed by atoms with Gasteiger partial charge in [-0.15, -0.1) is 0 Å². The van der Waals surface area contributed by atoms with Gasteiger partial charge in [-0.2, -0.15) is 5.10 Å². The summed E-state index contributed by atoms with van der Waals surface area (Å²) >= 11 is 0. The fourth-order valence-electron chi connectivity index (χ4n) is 5.68. The topological polar surface area (TPSA) is 69.8 Å². The maximum atomic E-state index is 12.5. The average molecular weight is 310 g/mol. The van der Waals surface area contributed by atoms with E-state index in [0.29, 0.717) is 0 Å². The molecule has 3 N–H and O–H groups in total. The van der Waals surface area contributed by atoms with Gasteiger partial charge < -0.3 is 10.6 Å². The Kier molecular flexibility index (Phi) is 2.75. The van der Waals surface area contributed by atoms with Crippen molar-refractivity contribution < 1.29 is 4.79 Å². The Bertz CT molecular complexity index is 730. The largest absolute Gasteiger partial charge is 0.332 e. The predicted octanol–water partition coefficient (Wildman–Crippen LogP) is 3.65. The van der Waals surface area contributed by atoms with Crippen molar-refractivity contribution in [3.05, 3.63) is 24.4 Å². The van der Waals surface area contributed by atoms with E-state index in [0.717, 1.165) is 34.3 Å². The van der Waals surface area contributed by atoms with Gasteiger partial charge in [0, 0.05) is 16.6 Å². The number of benzene rings is 1. The third kappa shape index (κ3) is 2.30. The van der Waals surface area contributed by atoms with Crippen LogP contribution in [0.1, 0.15) is 38.5 Å². The van der Waals surface area contributed by atoms with Crippen LogP contribution in [0, 0.1) is 17.8 Å². The molecule has 4 bridgehead atoms. The number of amides is 2. The molecule has 5 nitrogen and oxygen atoms in total. The Labute approximate surface area is 135 Å². The molecule has 4 aliphatic carbocycles. The average Bonchev–Trinajstić information content (AvgIpc) is 2.92. The van der Waals surface area contributed by atoms with E-state index < -0.39 is 0 Å². The van der Waals surface area contributed by atoms with Crippen molar-refractivity contribution in [3.8, 4) is 0 Å². The molecule has 2 amide bonds. The number of nitrogens with one attached hydrogen (secondary N) is 3. The van der Waals surface area contributed by atoms with Crippen LogP contribution in [0.4, 0.5) is 10.5 Å². The summed E-state index contributed by atoms with van der Waals surface area (Å²) in [6.07, 6.45) is 9.47. The molecule has 1 aromatic carbocycles. The van der Waals surface area contributed by atoms with Crippen molar-refractivity contribution in [1.29, 1.82) is 0 Å². The number of aromatic nitrogens is 2. The molecule has 0 saturated heterocycles. The van der Waals surface area contributed by atoms with Crippen molar-refractivity contribution in [2.45, 2.75) is 44.1 Å². The van der Waals surface area contributed by atoms with Gasteiger partial charge in [0.2, 0.25) is 0 Å². The van der Waals surface area contributed by atoms with E-state index >= 15 is 0 Å². The van der Waals surface area contributed by atoms with E-state index in [1.54, 1.807) is 6.20 Å². The lowest BCUT2D eigenvalue weighted by molar-refractivity contribution is -0.0127. The van der Waals surface area contributed by atoms with Gasteiger partial charge in [-0.25, -0.2) is 4.79 Å². The number of carbonyl (C=O) groups is 1. The lowest BCUT2D eigenvalue weighted by Crippen LogP contribution is -2.60. The Balaban J connectivity index is 1.31. The lowest BCUT2D eigenvalue weighted by atomic mass is 9.53. The first-order valence-electron chi connectivity index (χ1n) is 8.70. The normalized spacial score (nSPS) is 34.7. The maximum absolute atomic E-state index is 12.5. The SMILES string of the molecule is O=C(Nc1ccc2cn[nH]c2c1)NC12CC3CC(CC(C3)C1)C2. The highest BCUT2D eigenvalue weighted by molar-refractivity contribution is 5.92. The summed E-state index contributed by atoms with van der Waals surface area (Å²) in [4.78, 5) is 12.5. The molecule has 0 aliphatic heterocycles. The molecule has 0 unspecified atom stereocenters. The molecule has 1 heterocycles. The third-order valence-electron chi connectivity index (χ3n) is 6.12. The number of nitrogens with zero attached hydrogens (tertiary/aromatic N) is 1. The van der Waals surface area contributed by atoms with Crippen LogP contribution < -0.4 is 10.6 Å². The van der Waals surface area contributed by atoms with Crippen molar-refractivity contribution >= 4 is 22.6 Å². The molecule has 120 valence electrons. The van der Waals surface area contributed by atoms with Crippen LogP contribution >= 0.6 is 0 Å². The van der Waals surface area contributed by atoms with Gasteiger partial charge in [0.05, 0.1) is 11.7 Å². The van der Waals surface area contributed by atoms with Gasteiger partial charge in [0.1, 0.15) is 0 Å². The molecule has 4 saturated carbocycles. The van der Waals surface area contributed by atoms with Gasteiger partial charge in [-0.1, -0.05) is 0 Å². The number of hydrogen-bond donors (Lipinski definition) is 3. The van der Waals surface area contributed by atoms with Crippen LogP contribution in [0.5, 0.6) is 0 Å². The van der Waals surface area contributed by atoms with Gasteiger partial charge in [-0.05, 0) is 74.5 Å².